The van der Waals surface area contributed by atoms with Crippen molar-refractivity contribution in [2.45, 2.75) is 18.9 Å². The van der Waals surface area contributed by atoms with Gasteiger partial charge in [0.1, 0.15) is 12.3 Å². The maximum Gasteiger partial charge on any atom is 0.344 e. The van der Waals surface area contributed by atoms with Gasteiger partial charge in [0.05, 0.1) is 0 Å². The van der Waals surface area contributed by atoms with E-state index in [1.54, 1.807) is 5.48 Å². The Morgan fingerprint density at radius 3 is 2.31 bits per heavy atom. The van der Waals surface area contributed by atoms with Crippen molar-refractivity contribution in [1.29, 1.82) is 0 Å². The first-order chi connectivity index (χ1) is 7.26. The Balaban J connectivity index is 4.11. The number of hydrogen-bond acceptors (Lipinski definition) is 5. The number of hydrogen-bond donors (Lipinski definition) is 6. The molecular formula is C6H14N3O6P. The minimum atomic E-state index is -4.34. The number of carbonyl (C=O) groups excluding carboxylic acids is 2. The zero-order valence-corrected chi connectivity index (χ0v) is 9.18. The van der Waals surface area contributed by atoms with Gasteiger partial charge in [0.2, 0.25) is 11.8 Å². The highest BCUT2D eigenvalue weighted by Gasteiger charge is 2.21. The van der Waals surface area contributed by atoms with E-state index < -0.39 is 31.7 Å². The second-order valence-electron chi connectivity index (χ2n) is 3.05. The topological polar surface area (TPSA) is 162 Å². The Morgan fingerprint density at radius 2 is 1.94 bits per heavy atom. The molecule has 0 fully saturated rings. The van der Waals surface area contributed by atoms with Crippen LogP contribution in [0.15, 0.2) is 0 Å². The summed E-state index contributed by atoms with van der Waals surface area (Å²) >= 11 is 0. The molecule has 0 aliphatic heterocycles. The SMILES string of the molecule is NC(=O)CC[C@H](NO)C(=O)NCP(=O)(O)O. The number of primary amides is 1. The van der Waals surface area contributed by atoms with E-state index in [1.165, 1.54) is 0 Å². The Hall–Kier alpha value is -0.990. The molecule has 0 rings (SSSR count). The molecule has 16 heavy (non-hydrogen) atoms. The van der Waals surface area contributed by atoms with Crippen LogP contribution in [0, 0.1) is 0 Å². The summed E-state index contributed by atoms with van der Waals surface area (Å²) in [7, 11) is -4.34. The van der Waals surface area contributed by atoms with Crippen molar-refractivity contribution in [3.05, 3.63) is 0 Å². The van der Waals surface area contributed by atoms with Gasteiger partial charge in [0, 0.05) is 6.42 Å². The molecule has 1 atom stereocenters. The van der Waals surface area contributed by atoms with Crippen LogP contribution in [0.4, 0.5) is 0 Å². The molecule has 0 aromatic heterocycles. The number of carbonyl (C=O) groups is 2. The molecule has 7 N–H and O–H groups in total. The Morgan fingerprint density at radius 1 is 1.38 bits per heavy atom. The monoisotopic (exact) mass is 255 g/mol. The summed E-state index contributed by atoms with van der Waals surface area (Å²) in [6, 6.07) is -1.14. The lowest BCUT2D eigenvalue weighted by Crippen LogP contribution is -2.43. The van der Waals surface area contributed by atoms with E-state index in [-0.39, 0.29) is 12.8 Å². The van der Waals surface area contributed by atoms with Gasteiger partial charge in [-0.25, -0.2) is 0 Å². The first-order valence-corrected chi connectivity index (χ1v) is 6.06. The van der Waals surface area contributed by atoms with Gasteiger partial charge in [-0.15, -0.1) is 0 Å². The van der Waals surface area contributed by atoms with Crippen molar-refractivity contribution < 1.29 is 29.1 Å². The molecule has 0 saturated carbocycles. The second kappa shape index (κ2) is 6.56. The number of rotatable bonds is 7. The summed E-state index contributed by atoms with van der Waals surface area (Å²) in [5, 5.41) is 10.5. The summed E-state index contributed by atoms with van der Waals surface area (Å²) in [6.07, 6.45) is -1.04. The van der Waals surface area contributed by atoms with Crippen LogP contribution in [-0.4, -0.2) is 39.1 Å². The number of amides is 2. The minimum absolute atomic E-state index is 0.0706. The maximum absolute atomic E-state index is 11.2. The fourth-order valence-corrected chi connectivity index (χ4v) is 1.21. The quantitative estimate of drug-likeness (QED) is 0.223. The van der Waals surface area contributed by atoms with E-state index in [9.17, 15) is 14.2 Å². The van der Waals surface area contributed by atoms with E-state index in [2.05, 4.69) is 0 Å². The van der Waals surface area contributed by atoms with Crippen LogP contribution in [-0.2, 0) is 14.2 Å². The van der Waals surface area contributed by atoms with E-state index in [4.69, 9.17) is 20.7 Å². The average molecular weight is 255 g/mol. The van der Waals surface area contributed by atoms with Gasteiger partial charge in [0.15, 0.2) is 0 Å². The van der Waals surface area contributed by atoms with Gasteiger partial charge >= 0.3 is 7.60 Å². The Kier molecular flexibility index (Phi) is 6.16. The van der Waals surface area contributed by atoms with Crippen LogP contribution in [0.1, 0.15) is 12.8 Å². The van der Waals surface area contributed by atoms with Gasteiger partial charge in [-0.3, -0.25) is 14.2 Å². The van der Waals surface area contributed by atoms with E-state index in [0.29, 0.717) is 0 Å². The highest BCUT2D eigenvalue weighted by molar-refractivity contribution is 7.51. The molecule has 0 saturated heterocycles. The molecule has 0 spiro atoms. The largest absolute Gasteiger partial charge is 0.370 e. The smallest absolute Gasteiger partial charge is 0.344 e. The van der Waals surface area contributed by atoms with Crippen molar-refractivity contribution >= 4 is 19.4 Å². The molecule has 0 aromatic rings. The first kappa shape index (κ1) is 15.0. The average Bonchev–Trinajstić information content (AvgIpc) is 2.14. The van der Waals surface area contributed by atoms with E-state index >= 15 is 0 Å². The molecule has 0 heterocycles. The fourth-order valence-electron chi connectivity index (χ4n) is 0.845. The number of hydroxylamine groups is 1. The van der Waals surface area contributed by atoms with E-state index in [0.717, 1.165) is 0 Å². The third-order valence-corrected chi connectivity index (χ3v) is 2.18. The molecular weight excluding hydrogens is 241 g/mol. The molecule has 0 radical (unpaired) electrons. The summed E-state index contributed by atoms with van der Waals surface area (Å²) in [5.74, 6) is -1.48. The Bertz CT molecular complexity index is 303. The fraction of sp³-hybridized carbons (Fsp3) is 0.667. The van der Waals surface area contributed by atoms with Crippen LogP contribution in [0.3, 0.4) is 0 Å². The van der Waals surface area contributed by atoms with Gasteiger partial charge in [0.25, 0.3) is 0 Å². The molecule has 0 aliphatic carbocycles. The molecule has 0 bridgehead atoms. The van der Waals surface area contributed by atoms with Gasteiger partial charge in [-0.05, 0) is 6.42 Å². The van der Waals surface area contributed by atoms with Crippen LogP contribution in [0.2, 0.25) is 0 Å². The third-order valence-electron chi connectivity index (χ3n) is 1.61. The summed E-state index contributed by atoms with van der Waals surface area (Å²) in [5.41, 5.74) is 6.45. The van der Waals surface area contributed by atoms with Crippen molar-refractivity contribution in [1.82, 2.24) is 10.8 Å². The summed E-state index contributed by atoms with van der Waals surface area (Å²) in [6.45, 7) is 0. The molecule has 10 heteroatoms. The van der Waals surface area contributed by atoms with Gasteiger partial charge in [-0.1, -0.05) is 0 Å². The molecule has 0 unspecified atom stereocenters. The molecule has 2 amide bonds. The Labute approximate surface area is 91.1 Å². The normalized spacial score (nSPS) is 13.2. The molecule has 9 nitrogen and oxygen atoms in total. The predicted molar refractivity (Wildman–Crippen MR) is 52.2 cm³/mol. The lowest BCUT2D eigenvalue weighted by atomic mass is 10.1. The van der Waals surface area contributed by atoms with Crippen LogP contribution >= 0.6 is 7.60 Å². The minimum Gasteiger partial charge on any atom is -0.370 e. The van der Waals surface area contributed by atoms with Crippen LogP contribution in [0.25, 0.3) is 0 Å². The summed E-state index contributed by atoms with van der Waals surface area (Å²) < 4.78 is 10.4. The van der Waals surface area contributed by atoms with Gasteiger partial charge < -0.3 is 26.0 Å². The molecule has 94 valence electrons. The zero-order chi connectivity index (χ0) is 12.8. The number of nitrogens with one attached hydrogen (secondary N) is 2. The zero-order valence-electron chi connectivity index (χ0n) is 8.29. The maximum atomic E-state index is 11.2. The lowest BCUT2D eigenvalue weighted by molar-refractivity contribution is -0.126. The first-order valence-electron chi connectivity index (χ1n) is 4.26. The highest BCUT2D eigenvalue weighted by Crippen LogP contribution is 2.31. The summed E-state index contributed by atoms with van der Waals surface area (Å²) in [4.78, 5) is 38.6. The second-order valence-corrected chi connectivity index (χ2v) is 4.70. The van der Waals surface area contributed by atoms with Crippen LogP contribution in [0.5, 0.6) is 0 Å². The van der Waals surface area contributed by atoms with Crippen molar-refractivity contribution in [3.8, 4) is 0 Å². The van der Waals surface area contributed by atoms with Gasteiger partial charge in [-0.2, -0.15) is 5.48 Å². The molecule has 0 aromatic carbocycles. The predicted octanol–water partition coefficient (Wildman–Crippen LogP) is -2.15. The van der Waals surface area contributed by atoms with Crippen LogP contribution < -0.4 is 16.5 Å². The standard InChI is InChI=1S/C6H14N3O6P/c7-5(10)2-1-4(9-12)6(11)8-3-16(13,14)15/h4,9,12H,1-3H2,(H2,7,10)(H,8,11)(H2,13,14,15)/t4-/m0/s1. The molecule has 0 aliphatic rings. The third kappa shape index (κ3) is 7.32. The highest BCUT2D eigenvalue weighted by atomic mass is 31.2. The van der Waals surface area contributed by atoms with E-state index in [1.807, 2.05) is 5.32 Å². The van der Waals surface area contributed by atoms with Crippen molar-refractivity contribution in [2.24, 2.45) is 5.73 Å². The number of nitrogens with two attached hydrogens (primary N) is 1. The van der Waals surface area contributed by atoms with Crippen molar-refractivity contribution in [3.63, 3.8) is 0 Å². The van der Waals surface area contributed by atoms with Crippen molar-refractivity contribution in [2.75, 3.05) is 6.29 Å². The lowest BCUT2D eigenvalue weighted by Gasteiger charge is -2.14.